The average molecular weight is 215 g/mol. The Labute approximate surface area is 98.6 Å². The molecular formula is C15H21N. The van der Waals surface area contributed by atoms with Gasteiger partial charge < -0.3 is 5.32 Å². The molecule has 0 bridgehead atoms. The van der Waals surface area contributed by atoms with E-state index in [0.29, 0.717) is 6.04 Å². The van der Waals surface area contributed by atoms with Crippen molar-refractivity contribution in [1.82, 2.24) is 5.32 Å². The molecule has 16 heavy (non-hydrogen) atoms. The molecule has 1 nitrogen and oxygen atoms in total. The maximum Gasteiger partial charge on any atom is 0.0208 e. The number of hydrogen-bond donors (Lipinski definition) is 1. The van der Waals surface area contributed by atoms with Gasteiger partial charge in [-0.3, -0.25) is 0 Å². The first-order chi connectivity index (χ1) is 7.79. The van der Waals surface area contributed by atoms with E-state index in [0.717, 1.165) is 18.9 Å². The van der Waals surface area contributed by atoms with Crippen LogP contribution in [0.15, 0.2) is 36.9 Å². The predicted octanol–water partition coefficient (Wildman–Crippen LogP) is 3.62. The molecule has 0 spiro atoms. The Morgan fingerprint density at radius 3 is 3.00 bits per heavy atom. The zero-order valence-corrected chi connectivity index (χ0v) is 10.1. The van der Waals surface area contributed by atoms with Gasteiger partial charge in [-0.1, -0.05) is 30.3 Å². The summed E-state index contributed by atoms with van der Waals surface area (Å²) >= 11 is 0. The van der Waals surface area contributed by atoms with Gasteiger partial charge in [0.25, 0.3) is 0 Å². The lowest BCUT2D eigenvalue weighted by Gasteiger charge is -2.12. The summed E-state index contributed by atoms with van der Waals surface area (Å²) in [6.07, 6.45) is 5.76. The molecule has 0 saturated heterocycles. The summed E-state index contributed by atoms with van der Waals surface area (Å²) in [6, 6.07) is 9.52. The number of rotatable bonds is 6. The Morgan fingerprint density at radius 1 is 1.50 bits per heavy atom. The van der Waals surface area contributed by atoms with Crippen LogP contribution in [0.25, 0.3) is 0 Å². The topological polar surface area (TPSA) is 12.0 Å². The summed E-state index contributed by atoms with van der Waals surface area (Å²) in [6.45, 7) is 6.93. The molecule has 1 aromatic rings. The van der Waals surface area contributed by atoms with Crippen molar-refractivity contribution >= 4 is 0 Å². The number of hydrogen-bond acceptors (Lipinski definition) is 1. The van der Waals surface area contributed by atoms with E-state index in [1.165, 1.54) is 24.0 Å². The molecule has 0 heterocycles. The maximum absolute atomic E-state index is 3.76. The van der Waals surface area contributed by atoms with Crippen molar-refractivity contribution in [3.05, 3.63) is 48.0 Å². The standard InChI is InChI=1S/C15H21N/c1-3-5-12(2)16-11-13-6-4-7-15(10-13)14-8-9-14/h3-4,6-7,10,12,14,16H,1,5,8-9,11H2,2H3. The van der Waals surface area contributed by atoms with Gasteiger partial charge in [0.05, 0.1) is 0 Å². The zero-order chi connectivity index (χ0) is 11.4. The van der Waals surface area contributed by atoms with E-state index < -0.39 is 0 Å². The molecule has 0 aromatic heterocycles. The smallest absolute Gasteiger partial charge is 0.0208 e. The quantitative estimate of drug-likeness (QED) is 0.715. The van der Waals surface area contributed by atoms with Gasteiger partial charge in [0, 0.05) is 12.6 Å². The summed E-state index contributed by atoms with van der Waals surface area (Å²) in [5, 5.41) is 3.52. The Bertz CT molecular complexity index is 352. The van der Waals surface area contributed by atoms with E-state index in [2.05, 4.69) is 43.1 Å². The molecule has 1 atom stereocenters. The van der Waals surface area contributed by atoms with E-state index in [4.69, 9.17) is 0 Å². The Kier molecular flexibility index (Phi) is 3.79. The van der Waals surface area contributed by atoms with Crippen LogP contribution in [-0.4, -0.2) is 6.04 Å². The van der Waals surface area contributed by atoms with Gasteiger partial charge in [-0.25, -0.2) is 0 Å². The van der Waals surface area contributed by atoms with Gasteiger partial charge in [0.2, 0.25) is 0 Å². The molecule has 0 aliphatic heterocycles. The second-order valence-electron chi connectivity index (χ2n) is 4.83. The van der Waals surface area contributed by atoms with E-state index >= 15 is 0 Å². The van der Waals surface area contributed by atoms with Gasteiger partial charge in [-0.05, 0) is 43.2 Å². The van der Waals surface area contributed by atoms with Gasteiger partial charge in [-0.2, -0.15) is 0 Å². The molecule has 1 heteroatoms. The van der Waals surface area contributed by atoms with E-state index in [1.807, 2.05) is 6.08 Å². The lowest BCUT2D eigenvalue weighted by atomic mass is 10.1. The highest BCUT2D eigenvalue weighted by Gasteiger charge is 2.23. The van der Waals surface area contributed by atoms with E-state index in [9.17, 15) is 0 Å². The SMILES string of the molecule is C=CCC(C)NCc1cccc(C2CC2)c1. The predicted molar refractivity (Wildman–Crippen MR) is 69.5 cm³/mol. The molecule has 1 unspecified atom stereocenters. The van der Waals surface area contributed by atoms with Gasteiger partial charge in [0.1, 0.15) is 0 Å². The second kappa shape index (κ2) is 5.31. The van der Waals surface area contributed by atoms with Crippen LogP contribution in [-0.2, 0) is 6.54 Å². The molecule has 1 saturated carbocycles. The molecule has 1 N–H and O–H groups in total. The van der Waals surface area contributed by atoms with Gasteiger partial charge in [-0.15, -0.1) is 6.58 Å². The fourth-order valence-corrected chi connectivity index (χ4v) is 2.00. The van der Waals surface area contributed by atoms with Crippen molar-refractivity contribution in [2.24, 2.45) is 0 Å². The zero-order valence-electron chi connectivity index (χ0n) is 10.1. The van der Waals surface area contributed by atoms with Crippen molar-refractivity contribution in [2.45, 2.75) is 44.7 Å². The lowest BCUT2D eigenvalue weighted by molar-refractivity contribution is 0.553. The third-order valence-corrected chi connectivity index (χ3v) is 3.17. The maximum atomic E-state index is 3.76. The van der Waals surface area contributed by atoms with Crippen molar-refractivity contribution in [1.29, 1.82) is 0 Å². The Balaban J connectivity index is 1.88. The summed E-state index contributed by atoms with van der Waals surface area (Å²) < 4.78 is 0. The van der Waals surface area contributed by atoms with Gasteiger partial charge in [0.15, 0.2) is 0 Å². The Hall–Kier alpha value is -1.08. The molecular weight excluding hydrogens is 194 g/mol. The van der Waals surface area contributed by atoms with Gasteiger partial charge >= 0.3 is 0 Å². The fraction of sp³-hybridized carbons (Fsp3) is 0.467. The highest BCUT2D eigenvalue weighted by molar-refractivity contribution is 5.29. The normalized spacial score (nSPS) is 17.1. The van der Waals surface area contributed by atoms with Crippen LogP contribution in [0.5, 0.6) is 0 Å². The third kappa shape index (κ3) is 3.21. The first kappa shape index (κ1) is 11.4. The second-order valence-corrected chi connectivity index (χ2v) is 4.83. The van der Waals surface area contributed by atoms with Crippen molar-refractivity contribution < 1.29 is 0 Å². The monoisotopic (exact) mass is 215 g/mol. The molecule has 1 aromatic carbocycles. The summed E-state index contributed by atoms with van der Waals surface area (Å²) in [5.41, 5.74) is 2.93. The van der Waals surface area contributed by atoms with E-state index in [-0.39, 0.29) is 0 Å². The molecule has 1 aliphatic rings. The van der Waals surface area contributed by atoms with Crippen LogP contribution in [0.3, 0.4) is 0 Å². The molecule has 2 rings (SSSR count). The minimum atomic E-state index is 0.516. The average Bonchev–Trinajstić information content (AvgIpc) is 3.11. The highest BCUT2D eigenvalue weighted by Crippen LogP contribution is 2.40. The van der Waals surface area contributed by atoms with Crippen molar-refractivity contribution in [2.75, 3.05) is 0 Å². The van der Waals surface area contributed by atoms with Crippen LogP contribution < -0.4 is 5.32 Å². The Morgan fingerprint density at radius 2 is 2.31 bits per heavy atom. The van der Waals surface area contributed by atoms with Crippen LogP contribution in [0.4, 0.5) is 0 Å². The first-order valence-electron chi connectivity index (χ1n) is 6.22. The summed E-state index contributed by atoms with van der Waals surface area (Å²) in [7, 11) is 0. The fourth-order valence-electron chi connectivity index (χ4n) is 2.00. The van der Waals surface area contributed by atoms with Crippen LogP contribution in [0.2, 0.25) is 0 Å². The third-order valence-electron chi connectivity index (χ3n) is 3.17. The lowest BCUT2D eigenvalue weighted by Crippen LogP contribution is -2.24. The van der Waals surface area contributed by atoms with Crippen LogP contribution in [0.1, 0.15) is 43.2 Å². The molecule has 0 amide bonds. The molecule has 1 fully saturated rings. The van der Waals surface area contributed by atoms with Crippen LogP contribution >= 0.6 is 0 Å². The van der Waals surface area contributed by atoms with Crippen molar-refractivity contribution in [3.63, 3.8) is 0 Å². The van der Waals surface area contributed by atoms with Crippen molar-refractivity contribution in [3.8, 4) is 0 Å². The summed E-state index contributed by atoms with van der Waals surface area (Å²) in [4.78, 5) is 0. The molecule has 86 valence electrons. The minimum Gasteiger partial charge on any atom is -0.310 e. The molecule has 0 radical (unpaired) electrons. The summed E-state index contributed by atoms with van der Waals surface area (Å²) in [5.74, 6) is 0.852. The first-order valence-corrected chi connectivity index (χ1v) is 6.22. The van der Waals surface area contributed by atoms with Crippen LogP contribution in [0, 0.1) is 0 Å². The minimum absolute atomic E-state index is 0.516. The molecule has 1 aliphatic carbocycles. The largest absolute Gasteiger partial charge is 0.310 e. The number of benzene rings is 1. The van der Waals surface area contributed by atoms with E-state index in [1.54, 1.807) is 0 Å². The highest BCUT2D eigenvalue weighted by atomic mass is 14.9. The number of nitrogens with one attached hydrogen (secondary N) is 1.